The van der Waals surface area contributed by atoms with Gasteiger partial charge in [0, 0.05) is 42.0 Å². The molecule has 0 atom stereocenters. The highest BCUT2D eigenvalue weighted by molar-refractivity contribution is 6.30. The molecule has 6 heteroatoms. The van der Waals surface area contributed by atoms with Crippen molar-refractivity contribution in [3.63, 3.8) is 0 Å². The lowest BCUT2D eigenvalue weighted by atomic mass is 9.74. The van der Waals surface area contributed by atoms with Crippen LogP contribution in [0.5, 0.6) is 0 Å². The van der Waals surface area contributed by atoms with Crippen molar-refractivity contribution < 1.29 is 4.39 Å². The van der Waals surface area contributed by atoms with Crippen LogP contribution >= 0.6 is 23.2 Å². The molecule has 0 unspecified atom stereocenters. The summed E-state index contributed by atoms with van der Waals surface area (Å²) >= 11 is 12.1. The lowest BCUT2D eigenvalue weighted by Gasteiger charge is -2.39. The van der Waals surface area contributed by atoms with E-state index in [0.717, 1.165) is 73.0 Å². The van der Waals surface area contributed by atoms with Gasteiger partial charge in [0.25, 0.3) is 0 Å². The van der Waals surface area contributed by atoms with Crippen LogP contribution in [0.15, 0.2) is 66.9 Å². The maximum Gasteiger partial charge on any atom is 0.129 e. The van der Waals surface area contributed by atoms with Crippen molar-refractivity contribution in [3.05, 3.63) is 99.6 Å². The number of fused-ring (bicyclic) bond motifs is 2. The van der Waals surface area contributed by atoms with Crippen LogP contribution in [0.25, 0.3) is 6.08 Å². The first-order valence-electron chi connectivity index (χ1n) is 11.3. The molecule has 2 aliphatic heterocycles. The zero-order chi connectivity index (χ0) is 22.8. The first-order valence-corrected chi connectivity index (χ1v) is 12.1. The van der Waals surface area contributed by atoms with Gasteiger partial charge in [-0.05, 0) is 85.1 Å². The lowest BCUT2D eigenvalue weighted by molar-refractivity contribution is 0.180. The van der Waals surface area contributed by atoms with Crippen molar-refractivity contribution >= 4 is 35.0 Å². The van der Waals surface area contributed by atoms with E-state index in [0.29, 0.717) is 5.15 Å². The van der Waals surface area contributed by atoms with E-state index in [1.165, 1.54) is 0 Å². The molecule has 1 aromatic heterocycles. The summed E-state index contributed by atoms with van der Waals surface area (Å²) in [4.78, 5) is 8.94. The van der Waals surface area contributed by atoms with Gasteiger partial charge in [-0.2, -0.15) is 0 Å². The van der Waals surface area contributed by atoms with Crippen LogP contribution in [0.2, 0.25) is 10.2 Å². The number of pyridine rings is 1. The zero-order valence-electron chi connectivity index (χ0n) is 18.4. The quantitative estimate of drug-likeness (QED) is 0.382. The molecule has 170 valence electrons. The summed E-state index contributed by atoms with van der Waals surface area (Å²) < 4.78 is 14.3. The molecule has 1 fully saturated rings. The molecule has 0 aliphatic carbocycles. The van der Waals surface area contributed by atoms with Crippen LogP contribution in [-0.2, 0) is 12.0 Å². The summed E-state index contributed by atoms with van der Waals surface area (Å²) in [6.45, 7) is 4.55. The molecule has 2 aliphatic rings. The highest BCUT2D eigenvalue weighted by Gasteiger charge is 2.44. The van der Waals surface area contributed by atoms with E-state index in [4.69, 9.17) is 23.2 Å². The van der Waals surface area contributed by atoms with Gasteiger partial charge in [-0.25, -0.2) is 9.37 Å². The van der Waals surface area contributed by atoms with Gasteiger partial charge in [0.2, 0.25) is 0 Å². The van der Waals surface area contributed by atoms with Gasteiger partial charge in [0.05, 0.1) is 0 Å². The fourth-order valence-electron chi connectivity index (χ4n) is 5.15. The van der Waals surface area contributed by atoms with Crippen LogP contribution in [0.4, 0.5) is 10.1 Å². The topological polar surface area (TPSA) is 19.4 Å². The number of rotatable bonds is 5. The maximum atomic E-state index is 14.3. The average Bonchev–Trinajstić information content (AvgIpc) is 3.08. The summed E-state index contributed by atoms with van der Waals surface area (Å²) in [6, 6.07) is 17.0. The molecule has 1 saturated heterocycles. The molecular formula is C27H26Cl2FN3. The van der Waals surface area contributed by atoms with Crippen LogP contribution in [-0.4, -0.2) is 36.1 Å². The van der Waals surface area contributed by atoms with Crippen LogP contribution < -0.4 is 4.90 Å². The number of benzene rings is 2. The minimum Gasteiger partial charge on any atom is -0.366 e. The SMILES string of the molecule is Fc1ccc2c(c1)C1(CCN(C/C=C/c3ccc(Cl)cc3)CC1)CN2Cc1ccnc(Cl)c1. The first kappa shape index (κ1) is 22.4. The van der Waals surface area contributed by atoms with Crippen molar-refractivity contribution in [2.75, 3.05) is 31.1 Å². The maximum absolute atomic E-state index is 14.3. The monoisotopic (exact) mass is 481 g/mol. The molecule has 0 amide bonds. The Morgan fingerprint density at radius 2 is 1.79 bits per heavy atom. The summed E-state index contributed by atoms with van der Waals surface area (Å²) in [5, 5.41) is 1.25. The van der Waals surface area contributed by atoms with Gasteiger partial charge >= 0.3 is 0 Å². The lowest BCUT2D eigenvalue weighted by Crippen LogP contribution is -2.45. The molecular weight excluding hydrogens is 456 g/mol. The number of hydrogen-bond donors (Lipinski definition) is 0. The summed E-state index contributed by atoms with van der Waals surface area (Å²) in [6.07, 6.45) is 8.13. The predicted molar refractivity (Wildman–Crippen MR) is 135 cm³/mol. The Labute approximate surface area is 204 Å². The molecule has 33 heavy (non-hydrogen) atoms. The van der Waals surface area contributed by atoms with E-state index in [9.17, 15) is 4.39 Å². The fourth-order valence-corrected chi connectivity index (χ4v) is 5.47. The smallest absolute Gasteiger partial charge is 0.129 e. The van der Waals surface area contributed by atoms with Crippen LogP contribution in [0.1, 0.15) is 29.5 Å². The van der Waals surface area contributed by atoms with Gasteiger partial charge in [0.15, 0.2) is 0 Å². The Morgan fingerprint density at radius 1 is 1.00 bits per heavy atom. The third-order valence-electron chi connectivity index (χ3n) is 6.89. The highest BCUT2D eigenvalue weighted by atomic mass is 35.5. The van der Waals surface area contributed by atoms with Crippen LogP contribution in [0.3, 0.4) is 0 Å². The molecule has 3 heterocycles. The number of piperidine rings is 1. The Balaban J connectivity index is 1.28. The Morgan fingerprint density at radius 3 is 2.55 bits per heavy atom. The van der Waals surface area contributed by atoms with E-state index in [-0.39, 0.29) is 11.2 Å². The van der Waals surface area contributed by atoms with Gasteiger partial charge in [0.1, 0.15) is 11.0 Å². The summed E-state index contributed by atoms with van der Waals surface area (Å²) in [5.41, 5.74) is 4.55. The minimum atomic E-state index is -0.157. The zero-order valence-corrected chi connectivity index (χ0v) is 19.9. The van der Waals surface area contributed by atoms with E-state index < -0.39 is 0 Å². The molecule has 3 aromatic rings. The predicted octanol–water partition coefficient (Wildman–Crippen LogP) is 6.59. The van der Waals surface area contributed by atoms with Crippen molar-refractivity contribution in [1.82, 2.24) is 9.88 Å². The van der Waals surface area contributed by atoms with Gasteiger partial charge in [-0.1, -0.05) is 47.5 Å². The molecule has 0 radical (unpaired) electrons. The second-order valence-electron chi connectivity index (χ2n) is 9.04. The second-order valence-corrected chi connectivity index (χ2v) is 9.86. The standard InChI is InChI=1S/C27H26Cl2FN3/c28-22-5-3-20(4-6-22)2-1-13-32-14-10-27(11-15-32)19-33(18-21-9-12-31-26(29)16-21)25-8-7-23(30)17-24(25)27/h1-9,12,16-17H,10-11,13-15,18-19H2/b2-1+. The van der Waals surface area contributed by atoms with E-state index in [1.54, 1.807) is 18.3 Å². The van der Waals surface area contributed by atoms with Gasteiger partial charge < -0.3 is 4.90 Å². The molecule has 0 N–H and O–H groups in total. The Hall–Kier alpha value is -2.40. The van der Waals surface area contributed by atoms with E-state index in [2.05, 4.69) is 26.9 Å². The van der Waals surface area contributed by atoms with Crippen molar-refractivity contribution in [3.8, 4) is 0 Å². The fraction of sp³-hybridized carbons (Fsp3) is 0.296. The highest BCUT2D eigenvalue weighted by Crippen LogP contribution is 2.47. The largest absolute Gasteiger partial charge is 0.366 e. The minimum absolute atomic E-state index is 0.00927. The van der Waals surface area contributed by atoms with Crippen molar-refractivity contribution in [2.24, 2.45) is 0 Å². The third-order valence-corrected chi connectivity index (χ3v) is 7.34. The number of hydrogen-bond acceptors (Lipinski definition) is 3. The normalized spacial score (nSPS) is 17.7. The molecule has 0 saturated carbocycles. The van der Waals surface area contributed by atoms with Gasteiger partial charge in [-0.15, -0.1) is 0 Å². The van der Waals surface area contributed by atoms with Crippen LogP contribution in [0, 0.1) is 5.82 Å². The molecule has 0 bridgehead atoms. The first-order chi connectivity index (χ1) is 16.0. The average molecular weight is 482 g/mol. The van der Waals surface area contributed by atoms with Gasteiger partial charge in [-0.3, -0.25) is 4.90 Å². The number of anilines is 1. The number of likely N-dealkylation sites (tertiary alicyclic amines) is 1. The Bertz CT molecular complexity index is 1150. The molecule has 5 rings (SSSR count). The van der Waals surface area contributed by atoms with E-state index in [1.807, 2.05) is 42.5 Å². The number of halogens is 3. The van der Waals surface area contributed by atoms with Crippen molar-refractivity contribution in [1.29, 1.82) is 0 Å². The molecule has 2 aromatic carbocycles. The third kappa shape index (κ3) is 4.93. The summed E-state index contributed by atoms with van der Waals surface area (Å²) in [5.74, 6) is -0.157. The summed E-state index contributed by atoms with van der Waals surface area (Å²) in [7, 11) is 0. The molecule has 3 nitrogen and oxygen atoms in total. The van der Waals surface area contributed by atoms with Crippen molar-refractivity contribution in [2.45, 2.75) is 24.8 Å². The van der Waals surface area contributed by atoms with E-state index >= 15 is 0 Å². The number of nitrogens with zero attached hydrogens (tertiary/aromatic N) is 3. The Kier molecular flexibility index (Phi) is 6.42. The number of aromatic nitrogens is 1. The second kappa shape index (κ2) is 9.46. The molecule has 1 spiro atoms.